The molecule has 1 aromatic carbocycles. The maximum absolute atomic E-state index is 6.57. The Morgan fingerprint density at radius 3 is 2.29 bits per heavy atom. The zero-order valence-corrected chi connectivity index (χ0v) is 14.7. The highest BCUT2D eigenvalue weighted by Gasteiger charge is 2.70. The molecule has 0 heterocycles. The van der Waals surface area contributed by atoms with Crippen LogP contribution in [-0.4, -0.2) is 14.1 Å². The third-order valence-electron chi connectivity index (χ3n) is 4.85. The second-order valence-corrected chi connectivity index (χ2v) is 12.2. The summed E-state index contributed by atoms with van der Waals surface area (Å²) >= 11 is 0. The van der Waals surface area contributed by atoms with Crippen LogP contribution in [0.1, 0.15) is 44.1 Å². The Balaban J connectivity index is 1.72. The quantitative estimate of drug-likeness (QED) is 0.556. The van der Waals surface area contributed by atoms with Crippen molar-refractivity contribution in [3.8, 4) is 0 Å². The molecule has 0 aliphatic heterocycles. The Morgan fingerprint density at radius 1 is 1.00 bits per heavy atom. The predicted octanol–water partition coefficient (Wildman–Crippen LogP) is 5.11. The molecule has 21 heavy (non-hydrogen) atoms. The number of rotatable bonds is 5. The lowest BCUT2D eigenvalue weighted by Gasteiger charge is -2.34. The summed E-state index contributed by atoms with van der Waals surface area (Å²) in [4.78, 5) is 0. The van der Waals surface area contributed by atoms with Crippen molar-refractivity contribution in [2.24, 2.45) is 5.41 Å². The Labute approximate surface area is 130 Å². The highest BCUT2D eigenvalue weighted by atomic mass is 28.4. The van der Waals surface area contributed by atoms with E-state index in [9.17, 15) is 0 Å². The Kier molecular flexibility index (Phi) is 4.02. The van der Waals surface area contributed by atoms with Crippen LogP contribution in [0.2, 0.25) is 19.6 Å². The summed E-state index contributed by atoms with van der Waals surface area (Å²) in [6.45, 7) is 7.49. The first-order chi connectivity index (χ1) is 9.95. The second-order valence-electron chi connectivity index (χ2n) is 7.76. The molecule has 3 heteroatoms. The molecule has 1 aromatic rings. The van der Waals surface area contributed by atoms with Crippen molar-refractivity contribution < 1.29 is 9.16 Å². The van der Waals surface area contributed by atoms with Crippen molar-refractivity contribution in [2.75, 3.05) is 0 Å². The van der Waals surface area contributed by atoms with Crippen LogP contribution in [0.4, 0.5) is 0 Å². The third kappa shape index (κ3) is 3.25. The highest BCUT2D eigenvalue weighted by Crippen LogP contribution is 2.67. The molecule has 2 aliphatic carbocycles. The van der Waals surface area contributed by atoms with Gasteiger partial charge in [-0.15, -0.1) is 0 Å². The lowest BCUT2D eigenvalue weighted by Crippen LogP contribution is -2.39. The van der Waals surface area contributed by atoms with E-state index >= 15 is 0 Å². The molecule has 0 N–H and O–H groups in total. The van der Waals surface area contributed by atoms with Crippen LogP contribution in [0, 0.1) is 5.41 Å². The standard InChI is InChI=1S/C18H28O2Si/c1-21(2,3)20-18(15-17(18)12-8-5-9-13-17)19-14-16-10-6-4-7-11-16/h4,6-7,10-11H,5,8-9,12-15H2,1-3H3. The van der Waals surface area contributed by atoms with Crippen LogP contribution in [0.15, 0.2) is 30.3 Å². The van der Waals surface area contributed by atoms with Crippen molar-refractivity contribution in [1.29, 1.82) is 0 Å². The lowest BCUT2D eigenvalue weighted by molar-refractivity contribution is -0.152. The van der Waals surface area contributed by atoms with E-state index in [0.29, 0.717) is 12.0 Å². The lowest BCUT2D eigenvalue weighted by atomic mass is 9.85. The highest BCUT2D eigenvalue weighted by molar-refractivity contribution is 6.69. The van der Waals surface area contributed by atoms with E-state index in [0.717, 1.165) is 6.42 Å². The Hall–Kier alpha value is -0.643. The van der Waals surface area contributed by atoms with Gasteiger partial charge in [0.15, 0.2) is 14.1 Å². The topological polar surface area (TPSA) is 18.5 Å². The summed E-state index contributed by atoms with van der Waals surface area (Å²) < 4.78 is 13.0. The average molecular weight is 305 g/mol. The average Bonchev–Trinajstić information content (AvgIpc) is 3.02. The van der Waals surface area contributed by atoms with E-state index in [2.05, 4.69) is 50.0 Å². The van der Waals surface area contributed by atoms with Gasteiger partial charge in [0.05, 0.1) is 6.61 Å². The minimum atomic E-state index is -1.60. The normalized spacial score (nSPS) is 27.8. The van der Waals surface area contributed by atoms with Gasteiger partial charge in [-0.1, -0.05) is 49.6 Å². The molecule has 0 saturated heterocycles. The van der Waals surface area contributed by atoms with E-state index in [1.165, 1.54) is 37.7 Å². The van der Waals surface area contributed by atoms with Crippen LogP contribution in [0.3, 0.4) is 0 Å². The van der Waals surface area contributed by atoms with Gasteiger partial charge in [0.2, 0.25) is 0 Å². The summed E-state index contributed by atoms with van der Waals surface area (Å²) in [5.41, 5.74) is 1.56. The summed E-state index contributed by atoms with van der Waals surface area (Å²) in [5, 5.41) is 0. The van der Waals surface area contributed by atoms with Gasteiger partial charge in [-0.3, -0.25) is 0 Å². The van der Waals surface area contributed by atoms with Crippen molar-refractivity contribution in [3.05, 3.63) is 35.9 Å². The molecule has 0 bridgehead atoms. The molecular weight excluding hydrogens is 276 g/mol. The minimum absolute atomic E-state index is 0.284. The molecule has 2 nitrogen and oxygen atoms in total. The van der Waals surface area contributed by atoms with Gasteiger partial charge in [0, 0.05) is 11.8 Å². The maximum atomic E-state index is 6.57. The van der Waals surface area contributed by atoms with E-state index in [1.807, 2.05) is 0 Å². The first-order valence-electron chi connectivity index (χ1n) is 8.33. The number of hydrogen-bond donors (Lipinski definition) is 0. The largest absolute Gasteiger partial charge is 0.390 e. The molecular formula is C18H28O2Si. The van der Waals surface area contributed by atoms with Crippen molar-refractivity contribution in [2.45, 2.75) is 70.6 Å². The van der Waals surface area contributed by atoms with E-state index < -0.39 is 8.32 Å². The first-order valence-corrected chi connectivity index (χ1v) is 11.7. The van der Waals surface area contributed by atoms with E-state index in [1.54, 1.807) is 0 Å². The smallest absolute Gasteiger partial charge is 0.187 e. The molecule has 2 fully saturated rings. The van der Waals surface area contributed by atoms with Gasteiger partial charge in [0.1, 0.15) is 0 Å². The number of benzene rings is 1. The van der Waals surface area contributed by atoms with Crippen molar-refractivity contribution in [3.63, 3.8) is 0 Å². The minimum Gasteiger partial charge on any atom is -0.390 e. The first kappa shape index (κ1) is 15.3. The molecule has 1 atom stereocenters. The monoisotopic (exact) mass is 304 g/mol. The maximum Gasteiger partial charge on any atom is 0.187 e. The van der Waals surface area contributed by atoms with Crippen LogP contribution in [0.5, 0.6) is 0 Å². The fourth-order valence-electron chi connectivity index (χ4n) is 3.83. The van der Waals surface area contributed by atoms with Crippen LogP contribution >= 0.6 is 0 Å². The van der Waals surface area contributed by atoms with Gasteiger partial charge in [-0.05, 0) is 38.0 Å². The van der Waals surface area contributed by atoms with Crippen LogP contribution in [0.25, 0.3) is 0 Å². The van der Waals surface area contributed by atoms with E-state index in [-0.39, 0.29) is 5.79 Å². The summed E-state index contributed by atoms with van der Waals surface area (Å²) in [6.07, 6.45) is 7.73. The summed E-state index contributed by atoms with van der Waals surface area (Å²) in [5.74, 6) is -0.284. The van der Waals surface area contributed by atoms with Crippen LogP contribution < -0.4 is 0 Å². The Bertz CT molecular complexity index is 474. The van der Waals surface area contributed by atoms with E-state index in [4.69, 9.17) is 9.16 Å². The van der Waals surface area contributed by atoms with Crippen molar-refractivity contribution in [1.82, 2.24) is 0 Å². The summed E-state index contributed by atoms with van der Waals surface area (Å²) in [6, 6.07) is 10.5. The molecule has 0 amide bonds. The second kappa shape index (κ2) is 5.53. The molecule has 0 aromatic heterocycles. The molecule has 1 spiro atoms. The summed E-state index contributed by atoms with van der Waals surface area (Å²) in [7, 11) is -1.60. The zero-order valence-electron chi connectivity index (χ0n) is 13.7. The van der Waals surface area contributed by atoms with Crippen LogP contribution in [-0.2, 0) is 15.8 Å². The zero-order chi connectivity index (χ0) is 15.0. The fourth-order valence-corrected chi connectivity index (χ4v) is 5.17. The fraction of sp³-hybridized carbons (Fsp3) is 0.667. The molecule has 1 unspecified atom stereocenters. The van der Waals surface area contributed by atoms with Gasteiger partial charge in [0.25, 0.3) is 0 Å². The van der Waals surface area contributed by atoms with Gasteiger partial charge in [-0.25, -0.2) is 0 Å². The SMILES string of the molecule is C[Si](C)(C)OC1(OCc2ccccc2)CC12CCCCC2. The van der Waals surface area contributed by atoms with Gasteiger partial charge in [-0.2, -0.15) is 0 Å². The third-order valence-corrected chi connectivity index (χ3v) is 5.79. The predicted molar refractivity (Wildman–Crippen MR) is 88.5 cm³/mol. The van der Waals surface area contributed by atoms with Crippen molar-refractivity contribution >= 4 is 8.32 Å². The number of ether oxygens (including phenoxy) is 1. The Morgan fingerprint density at radius 2 is 1.67 bits per heavy atom. The molecule has 2 aliphatic rings. The van der Waals surface area contributed by atoms with Gasteiger partial charge < -0.3 is 9.16 Å². The molecule has 2 saturated carbocycles. The number of hydrogen-bond acceptors (Lipinski definition) is 2. The molecule has 116 valence electrons. The molecule has 3 rings (SSSR count). The van der Waals surface area contributed by atoms with Gasteiger partial charge >= 0.3 is 0 Å². The molecule has 0 radical (unpaired) electrons.